The van der Waals surface area contributed by atoms with Crippen molar-refractivity contribution >= 4 is 11.9 Å². The number of carbonyl (C=O) groups excluding carboxylic acids is 2. The number of benzene rings is 2. The number of fused-ring (bicyclic) bond motifs is 1. The van der Waals surface area contributed by atoms with Gasteiger partial charge >= 0.3 is 5.97 Å². The Labute approximate surface area is 150 Å². The maximum atomic E-state index is 11.9. The normalized spacial score (nSPS) is 12.2. The largest absolute Gasteiger partial charge is 0.486 e. The molecular weight excluding hydrogens is 338 g/mol. The van der Waals surface area contributed by atoms with E-state index < -0.39 is 5.97 Å². The average molecular weight is 357 g/mol. The number of esters is 1. The summed E-state index contributed by atoms with van der Waals surface area (Å²) in [6.07, 6.45) is 0. The smallest absolute Gasteiger partial charge is 0.337 e. The van der Waals surface area contributed by atoms with Gasteiger partial charge in [0.1, 0.15) is 19.0 Å². The Bertz CT molecular complexity index is 787. The summed E-state index contributed by atoms with van der Waals surface area (Å²) >= 11 is 0. The Morgan fingerprint density at radius 1 is 1.04 bits per heavy atom. The van der Waals surface area contributed by atoms with Crippen LogP contribution >= 0.6 is 0 Å². The fraction of sp³-hybridized carbons (Fsp3) is 0.263. The van der Waals surface area contributed by atoms with Crippen LogP contribution in [0.3, 0.4) is 0 Å². The van der Waals surface area contributed by atoms with E-state index in [1.807, 2.05) is 0 Å². The fourth-order valence-electron chi connectivity index (χ4n) is 2.39. The van der Waals surface area contributed by atoms with Crippen LogP contribution in [0, 0.1) is 0 Å². The number of hydrogen-bond acceptors (Lipinski definition) is 6. The van der Waals surface area contributed by atoms with Crippen LogP contribution in [0.15, 0.2) is 42.5 Å². The molecule has 0 atom stereocenters. The van der Waals surface area contributed by atoms with Gasteiger partial charge < -0.3 is 24.3 Å². The van der Waals surface area contributed by atoms with E-state index in [1.165, 1.54) is 7.11 Å². The second kappa shape index (κ2) is 8.24. The van der Waals surface area contributed by atoms with Gasteiger partial charge in [-0.05, 0) is 29.8 Å². The minimum Gasteiger partial charge on any atom is -0.486 e. The summed E-state index contributed by atoms with van der Waals surface area (Å²) in [5.41, 5.74) is 1.33. The molecule has 1 N–H and O–H groups in total. The Morgan fingerprint density at radius 2 is 1.77 bits per heavy atom. The molecule has 0 fully saturated rings. The highest BCUT2D eigenvalue weighted by molar-refractivity contribution is 5.89. The molecule has 0 radical (unpaired) electrons. The summed E-state index contributed by atoms with van der Waals surface area (Å²) < 4.78 is 21.0. The first-order valence-corrected chi connectivity index (χ1v) is 8.12. The van der Waals surface area contributed by atoms with Gasteiger partial charge in [-0.2, -0.15) is 0 Å². The molecule has 0 saturated heterocycles. The van der Waals surface area contributed by atoms with Crippen molar-refractivity contribution in [2.24, 2.45) is 0 Å². The van der Waals surface area contributed by atoms with Gasteiger partial charge in [-0.15, -0.1) is 0 Å². The minimum absolute atomic E-state index is 0.111. The van der Waals surface area contributed by atoms with E-state index in [-0.39, 0.29) is 12.5 Å². The zero-order valence-corrected chi connectivity index (χ0v) is 14.3. The van der Waals surface area contributed by atoms with Gasteiger partial charge in [0.15, 0.2) is 18.1 Å². The number of carbonyl (C=O) groups is 2. The Balaban J connectivity index is 1.46. The molecular formula is C19H19NO6. The lowest BCUT2D eigenvalue weighted by molar-refractivity contribution is -0.123. The molecule has 0 bridgehead atoms. The zero-order valence-electron chi connectivity index (χ0n) is 14.3. The second-order valence-corrected chi connectivity index (χ2v) is 5.56. The first-order chi connectivity index (χ1) is 12.7. The van der Waals surface area contributed by atoms with Crippen molar-refractivity contribution in [3.05, 3.63) is 53.6 Å². The molecule has 7 heteroatoms. The van der Waals surface area contributed by atoms with Crippen molar-refractivity contribution in [2.75, 3.05) is 26.9 Å². The molecule has 3 rings (SSSR count). The summed E-state index contributed by atoms with van der Waals surface area (Å²) in [7, 11) is 1.33. The van der Waals surface area contributed by atoms with E-state index in [0.29, 0.717) is 42.6 Å². The Morgan fingerprint density at radius 3 is 2.50 bits per heavy atom. The molecule has 0 spiro atoms. The van der Waals surface area contributed by atoms with Crippen LogP contribution in [0.5, 0.6) is 17.2 Å². The van der Waals surface area contributed by atoms with Gasteiger partial charge in [-0.1, -0.05) is 12.1 Å². The van der Waals surface area contributed by atoms with Crippen LogP contribution in [-0.2, 0) is 16.1 Å². The van der Waals surface area contributed by atoms with E-state index in [2.05, 4.69) is 10.1 Å². The predicted molar refractivity (Wildman–Crippen MR) is 92.6 cm³/mol. The van der Waals surface area contributed by atoms with E-state index >= 15 is 0 Å². The molecule has 2 aromatic rings. The van der Waals surface area contributed by atoms with Crippen LogP contribution in [0.2, 0.25) is 0 Å². The lowest BCUT2D eigenvalue weighted by atomic mass is 10.1. The first-order valence-electron chi connectivity index (χ1n) is 8.12. The highest BCUT2D eigenvalue weighted by Gasteiger charge is 2.13. The van der Waals surface area contributed by atoms with Crippen LogP contribution in [-0.4, -0.2) is 38.8 Å². The predicted octanol–water partition coefficient (Wildman–Crippen LogP) is 1.94. The third-order valence-electron chi connectivity index (χ3n) is 3.75. The zero-order chi connectivity index (χ0) is 18.4. The average Bonchev–Trinajstić information content (AvgIpc) is 2.70. The second-order valence-electron chi connectivity index (χ2n) is 5.56. The molecule has 1 aliphatic heterocycles. The number of methoxy groups -OCH3 is 1. The quantitative estimate of drug-likeness (QED) is 0.796. The van der Waals surface area contributed by atoms with Gasteiger partial charge in [0, 0.05) is 12.6 Å². The number of hydrogen-bond donors (Lipinski definition) is 1. The van der Waals surface area contributed by atoms with Crippen molar-refractivity contribution in [3.8, 4) is 17.2 Å². The topological polar surface area (TPSA) is 83.1 Å². The minimum atomic E-state index is -0.395. The molecule has 2 aromatic carbocycles. The van der Waals surface area contributed by atoms with Crippen molar-refractivity contribution in [1.82, 2.24) is 5.32 Å². The summed E-state index contributed by atoms with van der Waals surface area (Å²) in [4.78, 5) is 23.3. The highest BCUT2D eigenvalue weighted by atomic mass is 16.6. The monoisotopic (exact) mass is 357 g/mol. The fourth-order valence-corrected chi connectivity index (χ4v) is 2.39. The third-order valence-corrected chi connectivity index (χ3v) is 3.75. The maximum absolute atomic E-state index is 11.9. The van der Waals surface area contributed by atoms with E-state index in [9.17, 15) is 9.59 Å². The van der Waals surface area contributed by atoms with Crippen LogP contribution in [0.1, 0.15) is 15.9 Å². The van der Waals surface area contributed by atoms with E-state index in [0.717, 1.165) is 5.56 Å². The lowest BCUT2D eigenvalue weighted by Crippen LogP contribution is -2.28. The molecule has 0 aromatic heterocycles. The van der Waals surface area contributed by atoms with Gasteiger partial charge in [-0.3, -0.25) is 4.79 Å². The number of nitrogens with one attached hydrogen (secondary N) is 1. The van der Waals surface area contributed by atoms with Crippen molar-refractivity contribution < 1.29 is 28.5 Å². The van der Waals surface area contributed by atoms with E-state index in [4.69, 9.17) is 14.2 Å². The van der Waals surface area contributed by atoms with Crippen molar-refractivity contribution in [1.29, 1.82) is 0 Å². The molecule has 1 heterocycles. The number of amides is 1. The van der Waals surface area contributed by atoms with Crippen LogP contribution in [0.4, 0.5) is 0 Å². The molecule has 136 valence electrons. The molecule has 0 unspecified atom stereocenters. The Kier molecular flexibility index (Phi) is 5.58. The first kappa shape index (κ1) is 17.6. The highest BCUT2D eigenvalue weighted by Crippen LogP contribution is 2.33. The number of rotatable bonds is 6. The van der Waals surface area contributed by atoms with Crippen LogP contribution in [0.25, 0.3) is 0 Å². The number of ether oxygens (including phenoxy) is 4. The van der Waals surface area contributed by atoms with Gasteiger partial charge in [0.05, 0.1) is 12.7 Å². The lowest BCUT2D eigenvalue weighted by Gasteiger charge is -2.18. The SMILES string of the molecule is COC(=O)c1ccc(CNC(=O)COc2ccc3c(c2)OCCO3)cc1. The molecule has 0 saturated carbocycles. The Hall–Kier alpha value is -3.22. The van der Waals surface area contributed by atoms with Crippen LogP contribution < -0.4 is 19.5 Å². The van der Waals surface area contributed by atoms with Gasteiger partial charge in [0.25, 0.3) is 5.91 Å². The summed E-state index contributed by atoms with van der Waals surface area (Å²) in [5.74, 6) is 1.17. The van der Waals surface area contributed by atoms with E-state index in [1.54, 1.807) is 42.5 Å². The standard InChI is InChI=1S/C19H19NO6/c1-23-19(22)14-4-2-13(3-5-14)11-20-18(21)12-26-15-6-7-16-17(10-15)25-9-8-24-16/h2-7,10H,8-9,11-12H2,1H3,(H,20,21). The van der Waals surface area contributed by atoms with Crippen molar-refractivity contribution in [3.63, 3.8) is 0 Å². The molecule has 7 nitrogen and oxygen atoms in total. The summed E-state index contributed by atoms with van der Waals surface area (Å²) in [5, 5.41) is 2.76. The summed E-state index contributed by atoms with van der Waals surface area (Å²) in [6, 6.07) is 12.0. The summed E-state index contributed by atoms with van der Waals surface area (Å²) in [6.45, 7) is 1.24. The molecule has 26 heavy (non-hydrogen) atoms. The molecule has 1 amide bonds. The maximum Gasteiger partial charge on any atom is 0.337 e. The third kappa shape index (κ3) is 4.44. The van der Waals surface area contributed by atoms with Crippen molar-refractivity contribution in [2.45, 2.75) is 6.54 Å². The van der Waals surface area contributed by atoms with Gasteiger partial charge in [-0.25, -0.2) is 4.79 Å². The van der Waals surface area contributed by atoms with Gasteiger partial charge in [0.2, 0.25) is 0 Å². The molecule has 1 aliphatic rings. The molecule has 0 aliphatic carbocycles.